The number of imidazole rings is 1. The number of aromatic amines is 2. The number of hydrogen-bond acceptors (Lipinski definition) is 4. The van der Waals surface area contributed by atoms with Gasteiger partial charge in [0.1, 0.15) is 11.2 Å². The standard InChI is InChI=1S/C12H14N6O2/c1-4-18-10-8(11(19)15-12(18)20)13-9(14-10)7-5-6(2)16-17(7)3/h5H,4H2,1-3H3,(H,13,14)(H,15,19,20). The molecule has 0 atom stereocenters. The molecule has 0 aliphatic carbocycles. The van der Waals surface area contributed by atoms with Crippen molar-refractivity contribution in [2.24, 2.45) is 7.05 Å². The molecule has 0 aliphatic heterocycles. The third kappa shape index (κ3) is 1.68. The first kappa shape index (κ1) is 12.4. The molecule has 0 spiro atoms. The maximum atomic E-state index is 11.8. The van der Waals surface area contributed by atoms with Crippen LogP contribution < -0.4 is 11.2 Å². The molecule has 3 aromatic heterocycles. The maximum absolute atomic E-state index is 11.8. The number of hydrogen-bond donors (Lipinski definition) is 2. The van der Waals surface area contributed by atoms with Crippen LogP contribution in [0.1, 0.15) is 12.6 Å². The fraction of sp³-hybridized carbons (Fsp3) is 0.333. The molecule has 3 aromatic rings. The van der Waals surface area contributed by atoms with E-state index in [2.05, 4.69) is 20.1 Å². The minimum atomic E-state index is -0.465. The summed E-state index contributed by atoms with van der Waals surface area (Å²) < 4.78 is 3.09. The number of aryl methyl sites for hydroxylation is 3. The highest BCUT2D eigenvalue weighted by Gasteiger charge is 2.15. The Bertz CT molecular complexity index is 910. The van der Waals surface area contributed by atoms with Crippen LogP contribution in [0.2, 0.25) is 0 Å². The number of fused-ring (bicyclic) bond motifs is 1. The van der Waals surface area contributed by atoms with E-state index in [1.54, 1.807) is 11.7 Å². The fourth-order valence-corrected chi connectivity index (χ4v) is 2.29. The summed E-state index contributed by atoms with van der Waals surface area (Å²) in [6, 6.07) is 1.86. The Balaban J connectivity index is 2.36. The molecule has 0 fully saturated rings. The van der Waals surface area contributed by atoms with Gasteiger partial charge >= 0.3 is 5.69 Å². The molecule has 0 bridgehead atoms. The molecule has 0 unspecified atom stereocenters. The minimum Gasteiger partial charge on any atom is -0.331 e. The Kier molecular flexibility index (Phi) is 2.60. The molecule has 0 saturated carbocycles. The van der Waals surface area contributed by atoms with Gasteiger partial charge in [0.15, 0.2) is 11.5 Å². The van der Waals surface area contributed by atoms with E-state index in [9.17, 15) is 9.59 Å². The number of nitrogens with one attached hydrogen (secondary N) is 2. The summed E-state index contributed by atoms with van der Waals surface area (Å²) in [5.74, 6) is 0.515. The predicted molar refractivity (Wildman–Crippen MR) is 73.6 cm³/mol. The summed E-state index contributed by atoms with van der Waals surface area (Å²) in [6.45, 7) is 4.13. The lowest BCUT2D eigenvalue weighted by molar-refractivity contribution is 0.719. The van der Waals surface area contributed by atoms with Crippen molar-refractivity contribution in [1.82, 2.24) is 29.3 Å². The van der Waals surface area contributed by atoms with Crippen LogP contribution in [-0.4, -0.2) is 29.3 Å². The molecule has 2 N–H and O–H groups in total. The van der Waals surface area contributed by atoms with Crippen LogP contribution in [0.15, 0.2) is 15.7 Å². The largest absolute Gasteiger partial charge is 0.331 e. The zero-order valence-electron chi connectivity index (χ0n) is 11.4. The van der Waals surface area contributed by atoms with Gasteiger partial charge in [-0.2, -0.15) is 5.10 Å². The molecule has 8 nitrogen and oxygen atoms in total. The summed E-state index contributed by atoms with van der Waals surface area (Å²) in [4.78, 5) is 33.2. The molecule has 8 heteroatoms. The van der Waals surface area contributed by atoms with Gasteiger partial charge in [-0.25, -0.2) is 9.78 Å². The Morgan fingerprint density at radius 3 is 2.65 bits per heavy atom. The monoisotopic (exact) mass is 274 g/mol. The van der Waals surface area contributed by atoms with E-state index in [4.69, 9.17) is 0 Å². The van der Waals surface area contributed by atoms with Crippen LogP contribution in [-0.2, 0) is 13.6 Å². The van der Waals surface area contributed by atoms with Gasteiger partial charge in [0, 0.05) is 13.6 Å². The maximum Gasteiger partial charge on any atom is 0.330 e. The number of rotatable bonds is 2. The Labute approximate surface area is 113 Å². The Morgan fingerprint density at radius 1 is 1.30 bits per heavy atom. The van der Waals surface area contributed by atoms with Gasteiger partial charge in [-0.15, -0.1) is 0 Å². The van der Waals surface area contributed by atoms with Gasteiger partial charge in [0.25, 0.3) is 5.56 Å². The summed E-state index contributed by atoms with van der Waals surface area (Å²) in [6.07, 6.45) is 0. The number of aromatic nitrogens is 6. The lowest BCUT2D eigenvalue weighted by Gasteiger charge is -1.99. The van der Waals surface area contributed by atoms with Crippen molar-refractivity contribution in [3.63, 3.8) is 0 Å². The van der Waals surface area contributed by atoms with Crippen LogP contribution in [0.25, 0.3) is 22.7 Å². The van der Waals surface area contributed by atoms with Crippen molar-refractivity contribution < 1.29 is 0 Å². The van der Waals surface area contributed by atoms with Gasteiger partial charge in [0.2, 0.25) is 0 Å². The highest BCUT2D eigenvalue weighted by atomic mass is 16.2. The van der Waals surface area contributed by atoms with E-state index in [0.717, 1.165) is 11.4 Å². The van der Waals surface area contributed by atoms with Gasteiger partial charge in [-0.1, -0.05) is 0 Å². The molecule has 3 heterocycles. The van der Waals surface area contributed by atoms with Gasteiger partial charge in [-0.05, 0) is 19.9 Å². The van der Waals surface area contributed by atoms with E-state index in [0.29, 0.717) is 23.5 Å². The topological polar surface area (TPSA) is 101 Å². The molecule has 104 valence electrons. The van der Waals surface area contributed by atoms with Crippen molar-refractivity contribution in [2.45, 2.75) is 20.4 Å². The summed E-state index contributed by atoms with van der Waals surface area (Å²) >= 11 is 0. The SMILES string of the molecule is CCn1c(=O)[nH]c(=O)c2[nH]c(-c3cc(C)nn3C)nc21. The van der Waals surface area contributed by atoms with Crippen LogP contribution in [0, 0.1) is 6.92 Å². The van der Waals surface area contributed by atoms with Crippen molar-refractivity contribution >= 4 is 11.2 Å². The third-order valence-corrected chi connectivity index (χ3v) is 3.19. The van der Waals surface area contributed by atoms with Crippen LogP contribution in [0.4, 0.5) is 0 Å². The molecular weight excluding hydrogens is 260 g/mol. The molecule has 0 amide bonds. The first-order valence-electron chi connectivity index (χ1n) is 6.25. The van der Waals surface area contributed by atoms with Crippen molar-refractivity contribution in [3.8, 4) is 11.5 Å². The minimum absolute atomic E-state index is 0.292. The first-order valence-corrected chi connectivity index (χ1v) is 6.25. The van der Waals surface area contributed by atoms with E-state index < -0.39 is 11.2 Å². The lowest BCUT2D eigenvalue weighted by Crippen LogP contribution is -2.29. The second-order valence-electron chi connectivity index (χ2n) is 4.58. The van der Waals surface area contributed by atoms with Crippen molar-refractivity contribution in [3.05, 3.63) is 32.6 Å². The van der Waals surface area contributed by atoms with Crippen LogP contribution >= 0.6 is 0 Å². The summed E-state index contributed by atoms with van der Waals surface area (Å²) in [5.41, 5.74) is 1.34. The van der Waals surface area contributed by atoms with Gasteiger partial charge < -0.3 is 4.98 Å². The van der Waals surface area contributed by atoms with Crippen molar-refractivity contribution in [1.29, 1.82) is 0 Å². The molecule has 0 aromatic carbocycles. The zero-order chi connectivity index (χ0) is 14.4. The van der Waals surface area contributed by atoms with Gasteiger partial charge in [0.05, 0.1) is 5.69 Å². The fourth-order valence-electron chi connectivity index (χ4n) is 2.29. The molecule has 0 radical (unpaired) electrons. The first-order chi connectivity index (χ1) is 9.51. The van der Waals surface area contributed by atoms with Gasteiger partial charge in [-0.3, -0.25) is 19.0 Å². The zero-order valence-corrected chi connectivity index (χ0v) is 11.4. The average Bonchev–Trinajstić information content (AvgIpc) is 2.93. The van der Waals surface area contributed by atoms with Crippen LogP contribution in [0.5, 0.6) is 0 Å². The van der Waals surface area contributed by atoms with E-state index in [-0.39, 0.29) is 0 Å². The lowest BCUT2D eigenvalue weighted by atomic mass is 10.3. The highest BCUT2D eigenvalue weighted by Crippen LogP contribution is 2.18. The smallest absolute Gasteiger partial charge is 0.330 e. The number of H-pyrrole nitrogens is 2. The summed E-state index contributed by atoms with van der Waals surface area (Å²) in [5, 5.41) is 4.24. The third-order valence-electron chi connectivity index (χ3n) is 3.19. The Hall–Kier alpha value is -2.64. The molecule has 20 heavy (non-hydrogen) atoms. The van der Waals surface area contributed by atoms with Crippen molar-refractivity contribution in [2.75, 3.05) is 0 Å². The normalized spacial score (nSPS) is 11.3. The quantitative estimate of drug-likeness (QED) is 0.694. The average molecular weight is 274 g/mol. The van der Waals surface area contributed by atoms with E-state index >= 15 is 0 Å². The molecule has 3 rings (SSSR count). The Morgan fingerprint density at radius 2 is 2.05 bits per heavy atom. The second-order valence-corrected chi connectivity index (χ2v) is 4.58. The molecule has 0 saturated heterocycles. The highest BCUT2D eigenvalue weighted by molar-refractivity contribution is 5.74. The van der Waals surface area contributed by atoms with Crippen LogP contribution in [0.3, 0.4) is 0 Å². The van der Waals surface area contributed by atoms with E-state index in [1.807, 2.05) is 19.9 Å². The number of nitrogens with zero attached hydrogens (tertiary/aromatic N) is 4. The second kappa shape index (κ2) is 4.19. The summed E-state index contributed by atoms with van der Waals surface area (Å²) in [7, 11) is 1.80. The van der Waals surface area contributed by atoms with E-state index in [1.165, 1.54) is 4.57 Å². The molecular formula is C12H14N6O2. The molecule has 0 aliphatic rings. The predicted octanol–water partition coefficient (Wildman–Crippen LogP) is 0.142.